The molecule has 0 aliphatic carbocycles. The van der Waals surface area contributed by atoms with Crippen molar-refractivity contribution in [3.8, 4) is 68.2 Å². The quantitative estimate of drug-likeness (QED) is 0.0870. The van der Waals surface area contributed by atoms with Gasteiger partial charge in [-0.1, -0.05) is 84.9 Å². The van der Waals surface area contributed by atoms with Gasteiger partial charge in [0.1, 0.15) is 34.6 Å². The number of phenolic OH excluding ortho intramolecular Hbond substituents is 2. The molecule has 0 radical (unpaired) electrons. The van der Waals surface area contributed by atoms with Gasteiger partial charge < -0.3 is 44.1 Å². The SMILES string of the molecule is COc1cc(C(Nc2ccc(Oc3ccc(NC(c4ccc(O)c(OC)c4)P4(=O)Oc5ccccc5-c5ccccc54)cc3)cc2)P2(=O)Oc3ccccc3-c3ccccc32)ccc1O. The van der Waals surface area contributed by atoms with Gasteiger partial charge in [-0.2, -0.15) is 0 Å². The molecule has 11 nitrogen and oxygen atoms in total. The summed E-state index contributed by atoms with van der Waals surface area (Å²) in [6.45, 7) is 0. The minimum atomic E-state index is -3.76. The highest BCUT2D eigenvalue weighted by Crippen LogP contribution is 2.65. The fourth-order valence-corrected chi connectivity index (χ4v) is 13.7. The molecule has 10 rings (SSSR count). The largest absolute Gasteiger partial charge is 0.504 e. The van der Waals surface area contributed by atoms with Crippen LogP contribution in [0.25, 0.3) is 22.3 Å². The van der Waals surface area contributed by atoms with Crippen LogP contribution in [0.2, 0.25) is 0 Å². The summed E-state index contributed by atoms with van der Waals surface area (Å²) in [5.41, 5.74) is 5.82. The number of methoxy groups -OCH3 is 2. The van der Waals surface area contributed by atoms with Crippen LogP contribution in [0.3, 0.4) is 0 Å². The van der Waals surface area contributed by atoms with Crippen LogP contribution in [-0.4, -0.2) is 24.4 Å². The Morgan fingerprint density at radius 1 is 0.462 bits per heavy atom. The smallest absolute Gasteiger partial charge is 0.303 e. The molecule has 0 aromatic heterocycles. The van der Waals surface area contributed by atoms with Gasteiger partial charge in [0.25, 0.3) is 0 Å². The highest BCUT2D eigenvalue weighted by molar-refractivity contribution is 7.68. The zero-order valence-electron chi connectivity index (χ0n) is 35.1. The third-order valence-corrected chi connectivity index (χ3v) is 16.8. The standard InChI is InChI=1S/C52H42N2O9P2/c1-59-47-31-33(19-29-43(47)55)51(64(57)49-17-9-5-13-41(49)39-11-3-7-15-45(39)62-64)53-35-21-25-37(26-22-35)61-38-27-23-36(24-28-38)54-52(34-20-30-44(56)48(32-34)60-2)65(58)50-18-10-6-14-42(50)40-12-4-8-16-46(40)63-65/h3-32,51-56H,1-2H3. The lowest BCUT2D eigenvalue weighted by atomic mass is 10.0. The number of rotatable bonds is 12. The number of anilines is 2. The highest BCUT2D eigenvalue weighted by atomic mass is 31.2. The molecule has 0 fully saturated rings. The van der Waals surface area contributed by atoms with Crippen LogP contribution in [0, 0.1) is 0 Å². The Hall–Kier alpha value is -7.58. The Labute approximate surface area is 375 Å². The van der Waals surface area contributed by atoms with Crippen molar-refractivity contribution in [2.24, 2.45) is 0 Å². The maximum atomic E-state index is 15.5. The Bertz CT molecular complexity index is 2970. The van der Waals surface area contributed by atoms with E-state index in [1.807, 2.05) is 121 Å². The molecular formula is C52H42N2O9P2. The average molecular weight is 901 g/mol. The van der Waals surface area contributed by atoms with Crippen molar-refractivity contribution in [1.82, 2.24) is 0 Å². The van der Waals surface area contributed by atoms with Crippen molar-refractivity contribution >= 4 is 36.7 Å². The van der Waals surface area contributed by atoms with Gasteiger partial charge in [0, 0.05) is 22.5 Å². The third kappa shape index (κ3) is 7.59. The molecule has 4 atom stereocenters. The van der Waals surface area contributed by atoms with E-state index in [2.05, 4.69) is 10.6 Å². The summed E-state index contributed by atoms with van der Waals surface area (Å²) in [4.78, 5) is 0. The second kappa shape index (κ2) is 16.8. The normalized spacial score (nSPS) is 17.6. The zero-order chi connectivity index (χ0) is 44.7. The van der Waals surface area contributed by atoms with Crippen molar-refractivity contribution in [1.29, 1.82) is 0 Å². The van der Waals surface area contributed by atoms with Gasteiger partial charge in [0.15, 0.2) is 23.0 Å². The highest BCUT2D eigenvalue weighted by Gasteiger charge is 2.46. The topological polar surface area (TPSA) is 145 Å². The van der Waals surface area contributed by atoms with Crippen LogP contribution < -0.4 is 44.5 Å². The minimum Gasteiger partial charge on any atom is -0.504 e. The summed E-state index contributed by atoms with van der Waals surface area (Å²) in [7, 11) is -4.58. The number of hydrogen-bond donors (Lipinski definition) is 4. The summed E-state index contributed by atoms with van der Waals surface area (Å²) in [5, 5.41) is 29.1. The molecule has 2 aliphatic heterocycles. The molecule has 8 aromatic rings. The van der Waals surface area contributed by atoms with Crippen LogP contribution in [0.5, 0.6) is 46.0 Å². The Balaban J connectivity index is 0.922. The average Bonchev–Trinajstić information content (AvgIpc) is 3.34. The zero-order valence-corrected chi connectivity index (χ0v) is 36.9. The molecule has 0 saturated carbocycles. The van der Waals surface area contributed by atoms with E-state index in [1.54, 1.807) is 48.5 Å². The van der Waals surface area contributed by atoms with E-state index in [-0.39, 0.29) is 23.0 Å². The lowest BCUT2D eigenvalue weighted by Gasteiger charge is -2.35. The molecule has 4 unspecified atom stereocenters. The van der Waals surface area contributed by atoms with Crippen LogP contribution in [-0.2, 0) is 9.13 Å². The lowest BCUT2D eigenvalue weighted by Crippen LogP contribution is -2.26. The van der Waals surface area contributed by atoms with Gasteiger partial charge >= 0.3 is 14.7 Å². The van der Waals surface area contributed by atoms with Crippen LogP contribution >= 0.6 is 14.7 Å². The maximum absolute atomic E-state index is 15.5. The first-order valence-corrected chi connectivity index (χ1v) is 24.2. The molecule has 0 bridgehead atoms. The van der Waals surface area contributed by atoms with Crippen molar-refractivity contribution in [2.75, 3.05) is 24.9 Å². The number of nitrogens with one attached hydrogen (secondary N) is 2. The fourth-order valence-electron chi connectivity index (χ4n) is 8.41. The fraction of sp³-hybridized carbons (Fsp3) is 0.0769. The number of fused-ring (bicyclic) bond motifs is 6. The van der Waals surface area contributed by atoms with E-state index in [0.29, 0.717) is 56.1 Å². The first-order valence-electron chi connectivity index (χ1n) is 20.8. The molecule has 0 saturated heterocycles. The van der Waals surface area contributed by atoms with E-state index in [4.69, 9.17) is 23.3 Å². The predicted octanol–water partition coefficient (Wildman–Crippen LogP) is 12.5. The molecule has 4 N–H and O–H groups in total. The van der Waals surface area contributed by atoms with Crippen molar-refractivity contribution in [3.05, 3.63) is 193 Å². The minimum absolute atomic E-state index is 0.0438. The maximum Gasteiger partial charge on any atom is 0.303 e. The Kier molecular flexibility index (Phi) is 10.7. The van der Waals surface area contributed by atoms with Gasteiger partial charge in [-0.05, 0) is 119 Å². The number of ether oxygens (including phenoxy) is 3. The number of benzene rings is 8. The van der Waals surface area contributed by atoms with Gasteiger partial charge in [-0.15, -0.1) is 0 Å². The lowest BCUT2D eigenvalue weighted by molar-refractivity contribution is 0.373. The van der Waals surface area contributed by atoms with Crippen LogP contribution in [0.15, 0.2) is 182 Å². The van der Waals surface area contributed by atoms with Crippen molar-refractivity contribution in [2.45, 2.75) is 11.6 Å². The van der Waals surface area contributed by atoms with E-state index in [1.165, 1.54) is 26.4 Å². The van der Waals surface area contributed by atoms with E-state index in [9.17, 15) is 10.2 Å². The predicted molar refractivity (Wildman–Crippen MR) is 254 cm³/mol. The second-order valence-electron chi connectivity index (χ2n) is 15.5. The molecule has 65 heavy (non-hydrogen) atoms. The molecule has 2 aliphatic rings. The summed E-state index contributed by atoms with van der Waals surface area (Å²) in [6, 6.07) is 54.5. The monoisotopic (exact) mass is 900 g/mol. The number of hydrogen-bond acceptors (Lipinski definition) is 11. The summed E-state index contributed by atoms with van der Waals surface area (Å²) in [6.07, 6.45) is 0. The van der Waals surface area contributed by atoms with E-state index < -0.39 is 26.3 Å². The third-order valence-electron chi connectivity index (χ3n) is 11.6. The van der Waals surface area contributed by atoms with Gasteiger partial charge in [-0.3, -0.25) is 9.13 Å². The van der Waals surface area contributed by atoms with Crippen molar-refractivity contribution < 1.29 is 42.6 Å². The number of phenols is 2. The summed E-state index contributed by atoms with van der Waals surface area (Å²) < 4.78 is 61.2. The van der Waals surface area contributed by atoms with Crippen LogP contribution in [0.1, 0.15) is 22.7 Å². The Morgan fingerprint density at radius 2 is 0.831 bits per heavy atom. The summed E-state index contributed by atoms with van der Waals surface area (Å²) >= 11 is 0. The van der Waals surface area contributed by atoms with Crippen LogP contribution in [0.4, 0.5) is 11.4 Å². The Morgan fingerprint density at radius 3 is 1.23 bits per heavy atom. The second-order valence-corrected chi connectivity index (χ2v) is 20.3. The molecule has 324 valence electrons. The molecule has 2 heterocycles. The van der Waals surface area contributed by atoms with E-state index in [0.717, 1.165) is 22.3 Å². The molecule has 8 aromatic carbocycles. The van der Waals surface area contributed by atoms with E-state index >= 15 is 9.13 Å². The molecule has 0 amide bonds. The van der Waals surface area contributed by atoms with Gasteiger partial charge in [0.2, 0.25) is 0 Å². The summed E-state index contributed by atoms with van der Waals surface area (Å²) in [5.74, 6) is 0.731. The molecular weight excluding hydrogens is 859 g/mol. The number of para-hydroxylation sites is 2. The first kappa shape index (κ1) is 41.4. The van der Waals surface area contributed by atoms with Gasteiger partial charge in [0.05, 0.1) is 24.8 Å². The molecule has 13 heteroatoms. The first-order chi connectivity index (χ1) is 31.6. The van der Waals surface area contributed by atoms with Gasteiger partial charge in [-0.25, -0.2) is 0 Å². The van der Waals surface area contributed by atoms with Crippen molar-refractivity contribution in [3.63, 3.8) is 0 Å². The molecule has 0 spiro atoms. The number of aromatic hydroxyl groups is 2.